The number of hydrogen-bond donors (Lipinski definition) is 1. The molecule has 0 amide bonds. The molecule has 2 heterocycles. The van der Waals surface area contributed by atoms with Crippen molar-refractivity contribution in [3.63, 3.8) is 0 Å². The van der Waals surface area contributed by atoms with Crippen molar-refractivity contribution in [2.45, 2.75) is 19.6 Å². The second kappa shape index (κ2) is 10.1. The van der Waals surface area contributed by atoms with Crippen LogP contribution < -0.4 is 5.32 Å². The standard InChI is InChI=1S/C18H27N5O2.HI/c1-14-21-16-6-4-5-7-17(16)23(14)9-8-20-18(19-2)22-10-11-25-15(12-22)13-24-3;/h4-7,15H,8-13H2,1-3H3,(H,19,20);1H. The van der Waals surface area contributed by atoms with Gasteiger partial charge in [0.05, 0.1) is 30.4 Å². The second-order valence-electron chi connectivity index (χ2n) is 6.17. The molecule has 7 nitrogen and oxygen atoms in total. The molecule has 1 aliphatic rings. The van der Waals surface area contributed by atoms with Crippen molar-refractivity contribution in [1.29, 1.82) is 0 Å². The third-order valence-electron chi connectivity index (χ3n) is 4.47. The molecule has 1 unspecified atom stereocenters. The molecule has 1 atom stereocenters. The van der Waals surface area contributed by atoms with Crippen LogP contribution in [0.4, 0.5) is 0 Å². The molecule has 0 spiro atoms. The van der Waals surface area contributed by atoms with Crippen molar-refractivity contribution >= 4 is 41.0 Å². The van der Waals surface area contributed by atoms with Gasteiger partial charge in [0, 0.05) is 40.3 Å². The molecule has 1 aromatic carbocycles. The Labute approximate surface area is 171 Å². The lowest BCUT2D eigenvalue weighted by Crippen LogP contribution is -2.51. The van der Waals surface area contributed by atoms with Crippen LogP contribution in [0, 0.1) is 6.92 Å². The number of imidazole rings is 1. The molecule has 1 aliphatic heterocycles. The number of methoxy groups -OCH3 is 1. The molecule has 0 saturated carbocycles. The van der Waals surface area contributed by atoms with Gasteiger partial charge in [-0.2, -0.15) is 0 Å². The fraction of sp³-hybridized carbons (Fsp3) is 0.556. The number of nitrogens with one attached hydrogen (secondary N) is 1. The zero-order chi connectivity index (χ0) is 17.6. The number of rotatable bonds is 5. The van der Waals surface area contributed by atoms with Crippen LogP contribution in [-0.2, 0) is 16.0 Å². The summed E-state index contributed by atoms with van der Waals surface area (Å²) in [7, 11) is 3.52. The number of benzene rings is 1. The van der Waals surface area contributed by atoms with E-state index in [1.54, 1.807) is 7.11 Å². The van der Waals surface area contributed by atoms with Crippen molar-refractivity contribution in [1.82, 2.24) is 19.8 Å². The van der Waals surface area contributed by atoms with E-state index in [0.717, 1.165) is 43.5 Å². The van der Waals surface area contributed by atoms with Gasteiger partial charge in [-0.25, -0.2) is 4.98 Å². The number of halogens is 1. The van der Waals surface area contributed by atoms with Crippen LogP contribution in [0.2, 0.25) is 0 Å². The third-order valence-corrected chi connectivity index (χ3v) is 4.47. The van der Waals surface area contributed by atoms with Crippen LogP contribution in [0.5, 0.6) is 0 Å². The first-order chi connectivity index (χ1) is 12.2. The highest BCUT2D eigenvalue weighted by atomic mass is 127. The highest BCUT2D eigenvalue weighted by molar-refractivity contribution is 14.0. The fourth-order valence-corrected chi connectivity index (χ4v) is 3.29. The minimum Gasteiger partial charge on any atom is -0.382 e. The predicted octanol–water partition coefficient (Wildman–Crippen LogP) is 1.89. The Morgan fingerprint density at radius 3 is 3.00 bits per heavy atom. The van der Waals surface area contributed by atoms with Crippen LogP contribution in [0.15, 0.2) is 29.3 Å². The van der Waals surface area contributed by atoms with Gasteiger partial charge in [0.1, 0.15) is 5.82 Å². The summed E-state index contributed by atoms with van der Waals surface area (Å²) in [5.74, 6) is 1.94. The number of aromatic nitrogens is 2. The topological polar surface area (TPSA) is 63.9 Å². The Kier molecular flexibility index (Phi) is 8.11. The molecular weight excluding hydrogens is 445 g/mol. The number of fused-ring (bicyclic) bond motifs is 1. The van der Waals surface area contributed by atoms with Gasteiger partial charge in [0.25, 0.3) is 0 Å². The van der Waals surface area contributed by atoms with E-state index in [-0.39, 0.29) is 30.1 Å². The lowest BCUT2D eigenvalue weighted by Gasteiger charge is -2.34. The molecule has 1 saturated heterocycles. The van der Waals surface area contributed by atoms with E-state index in [1.165, 1.54) is 5.52 Å². The largest absolute Gasteiger partial charge is 0.382 e. The van der Waals surface area contributed by atoms with Gasteiger partial charge in [-0.3, -0.25) is 4.99 Å². The van der Waals surface area contributed by atoms with Crippen LogP contribution in [0.3, 0.4) is 0 Å². The molecule has 26 heavy (non-hydrogen) atoms. The normalized spacial score (nSPS) is 18.0. The molecule has 0 aliphatic carbocycles. The number of ether oxygens (including phenoxy) is 2. The van der Waals surface area contributed by atoms with Crippen LogP contribution in [-0.4, -0.2) is 73.5 Å². The maximum absolute atomic E-state index is 5.71. The Morgan fingerprint density at radius 2 is 2.23 bits per heavy atom. The predicted molar refractivity (Wildman–Crippen MR) is 114 cm³/mol. The number of hydrogen-bond acceptors (Lipinski definition) is 4. The monoisotopic (exact) mass is 473 g/mol. The van der Waals surface area contributed by atoms with Gasteiger partial charge in [-0.1, -0.05) is 12.1 Å². The van der Waals surface area contributed by atoms with Gasteiger partial charge < -0.3 is 24.3 Å². The maximum atomic E-state index is 5.71. The molecule has 1 aromatic heterocycles. The smallest absolute Gasteiger partial charge is 0.193 e. The molecule has 3 rings (SSSR count). The number of morpholine rings is 1. The van der Waals surface area contributed by atoms with Crippen molar-refractivity contribution < 1.29 is 9.47 Å². The summed E-state index contributed by atoms with van der Waals surface area (Å²) >= 11 is 0. The van der Waals surface area contributed by atoms with E-state index in [9.17, 15) is 0 Å². The minimum atomic E-state index is 0. The summed E-state index contributed by atoms with van der Waals surface area (Å²) in [6.07, 6.45) is 0.0946. The molecule has 0 bridgehead atoms. The Hall–Kier alpha value is -1.39. The first-order valence-corrected chi connectivity index (χ1v) is 8.71. The zero-order valence-electron chi connectivity index (χ0n) is 15.6. The minimum absolute atomic E-state index is 0. The number of aliphatic imine (C=N–C) groups is 1. The highest BCUT2D eigenvalue weighted by Crippen LogP contribution is 2.14. The third kappa shape index (κ3) is 4.86. The summed E-state index contributed by atoms with van der Waals surface area (Å²) in [5.41, 5.74) is 2.21. The van der Waals surface area contributed by atoms with Gasteiger partial charge in [0.15, 0.2) is 5.96 Å². The molecule has 8 heteroatoms. The lowest BCUT2D eigenvalue weighted by molar-refractivity contribution is -0.0447. The Morgan fingerprint density at radius 1 is 1.42 bits per heavy atom. The molecule has 1 fully saturated rings. The molecule has 1 N–H and O–H groups in total. The van der Waals surface area contributed by atoms with Gasteiger partial charge in [-0.15, -0.1) is 24.0 Å². The molecule has 144 valence electrons. The van der Waals surface area contributed by atoms with Gasteiger partial charge in [0.2, 0.25) is 0 Å². The second-order valence-corrected chi connectivity index (χ2v) is 6.17. The van der Waals surface area contributed by atoms with Crippen molar-refractivity contribution in [3.8, 4) is 0 Å². The van der Waals surface area contributed by atoms with E-state index in [0.29, 0.717) is 13.2 Å². The van der Waals surface area contributed by atoms with E-state index in [4.69, 9.17) is 9.47 Å². The summed E-state index contributed by atoms with van der Waals surface area (Å²) in [6, 6.07) is 8.24. The molecule has 2 aromatic rings. The van der Waals surface area contributed by atoms with Crippen LogP contribution in [0.25, 0.3) is 11.0 Å². The molecular formula is C18H28IN5O2. The first-order valence-electron chi connectivity index (χ1n) is 8.71. The van der Waals surface area contributed by atoms with E-state index < -0.39 is 0 Å². The number of guanidine groups is 1. The highest BCUT2D eigenvalue weighted by Gasteiger charge is 2.22. The fourth-order valence-electron chi connectivity index (χ4n) is 3.29. The van der Waals surface area contributed by atoms with Crippen molar-refractivity contribution in [3.05, 3.63) is 30.1 Å². The Balaban J connectivity index is 0.00000243. The van der Waals surface area contributed by atoms with Crippen LogP contribution in [0.1, 0.15) is 5.82 Å². The summed E-state index contributed by atoms with van der Waals surface area (Å²) in [5, 5.41) is 3.46. The lowest BCUT2D eigenvalue weighted by atomic mass is 10.3. The summed E-state index contributed by atoms with van der Waals surface area (Å²) in [6.45, 7) is 6.62. The average Bonchev–Trinajstić information content (AvgIpc) is 2.95. The average molecular weight is 473 g/mol. The number of nitrogens with zero attached hydrogens (tertiary/aromatic N) is 4. The zero-order valence-corrected chi connectivity index (χ0v) is 18.0. The maximum Gasteiger partial charge on any atom is 0.193 e. The van der Waals surface area contributed by atoms with E-state index >= 15 is 0 Å². The number of aryl methyl sites for hydroxylation is 1. The van der Waals surface area contributed by atoms with Crippen molar-refractivity contribution in [2.75, 3.05) is 47.0 Å². The quantitative estimate of drug-likeness (QED) is 0.409. The van der Waals surface area contributed by atoms with E-state index in [2.05, 4.69) is 43.0 Å². The molecule has 0 radical (unpaired) electrons. The first kappa shape index (κ1) is 20.9. The number of para-hydroxylation sites is 2. The summed E-state index contributed by atoms with van der Waals surface area (Å²) < 4.78 is 13.2. The van der Waals surface area contributed by atoms with Gasteiger partial charge in [-0.05, 0) is 19.1 Å². The van der Waals surface area contributed by atoms with Crippen molar-refractivity contribution in [2.24, 2.45) is 4.99 Å². The SMILES string of the molecule is CN=C(NCCn1c(C)nc2ccccc21)N1CCOC(COC)C1.I. The van der Waals surface area contributed by atoms with Crippen LogP contribution >= 0.6 is 24.0 Å². The van der Waals surface area contributed by atoms with E-state index in [1.807, 2.05) is 20.0 Å². The van der Waals surface area contributed by atoms with Gasteiger partial charge >= 0.3 is 0 Å². The summed E-state index contributed by atoms with van der Waals surface area (Å²) in [4.78, 5) is 11.3. The Bertz CT molecular complexity index is 731.